The van der Waals surface area contributed by atoms with Gasteiger partial charge in [-0.25, -0.2) is 0 Å². The number of rotatable bonds is 1. The van der Waals surface area contributed by atoms with E-state index in [4.69, 9.17) is 5.73 Å². The largest absolute Gasteiger partial charge is 0.399 e. The summed E-state index contributed by atoms with van der Waals surface area (Å²) in [4.78, 5) is 5.56. The van der Waals surface area contributed by atoms with E-state index in [2.05, 4.69) is 17.1 Å². The Kier molecular flexibility index (Phi) is 2.11. The molecule has 0 radical (unpaired) electrons. The Bertz CT molecular complexity index is 593. The summed E-state index contributed by atoms with van der Waals surface area (Å²) in [5, 5.41) is 0. The third-order valence-electron chi connectivity index (χ3n) is 2.48. The van der Waals surface area contributed by atoms with E-state index in [9.17, 15) is 0 Å². The molecular weight excluding hydrogens is 216 g/mol. The van der Waals surface area contributed by atoms with Crippen LogP contribution in [0.1, 0.15) is 0 Å². The minimum atomic E-state index is 0.794. The van der Waals surface area contributed by atoms with E-state index in [0.29, 0.717) is 0 Å². The maximum absolute atomic E-state index is 5.67. The number of aromatic nitrogens is 1. The van der Waals surface area contributed by atoms with Crippen molar-refractivity contribution in [2.24, 2.45) is 0 Å². The van der Waals surface area contributed by atoms with Crippen LogP contribution in [0.5, 0.6) is 0 Å². The fourth-order valence-electron chi connectivity index (χ4n) is 1.66. The highest BCUT2D eigenvalue weighted by Crippen LogP contribution is 2.32. The Morgan fingerprint density at radius 3 is 2.62 bits per heavy atom. The molecule has 2 heterocycles. The van der Waals surface area contributed by atoms with Gasteiger partial charge in [0.15, 0.2) is 0 Å². The molecule has 0 fully saturated rings. The molecule has 78 valence electrons. The van der Waals surface area contributed by atoms with Crippen molar-refractivity contribution in [3.8, 4) is 10.4 Å². The molecule has 2 aromatic heterocycles. The van der Waals surface area contributed by atoms with Crippen molar-refractivity contribution in [1.29, 1.82) is 0 Å². The van der Waals surface area contributed by atoms with Crippen LogP contribution >= 0.6 is 11.3 Å². The van der Waals surface area contributed by atoms with Gasteiger partial charge in [-0.3, -0.25) is 4.98 Å². The summed E-state index contributed by atoms with van der Waals surface area (Å²) in [6.07, 6.45) is 1.82. The number of nitrogens with zero attached hydrogens (tertiary/aromatic N) is 1. The van der Waals surface area contributed by atoms with Crippen LogP contribution in [-0.4, -0.2) is 4.98 Å². The summed E-state index contributed by atoms with van der Waals surface area (Å²) in [6, 6.07) is 14.1. The monoisotopic (exact) mass is 226 g/mol. The van der Waals surface area contributed by atoms with Crippen molar-refractivity contribution in [3.63, 3.8) is 0 Å². The van der Waals surface area contributed by atoms with Crippen molar-refractivity contribution in [2.75, 3.05) is 5.73 Å². The molecule has 16 heavy (non-hydrogen) atoms. The standard InChI is InChI=1S/C13H10N2S/c14-10-5-3-9(4-6-10)13-8-11-12(16-13)2-1-7-15-11/h1-8H,14H2. The van der Waals surface area contributed by atoms with Crippen LogP contribution in [0, 0.1) is 0 Å². The molecule has 1 aromatic carbocycles. The van der Waals surface area contributed by atoms with Gasteiger partial charge in [0.25, 0.3) is 0 Å². The Hall–Kier alpha value is -1.87. The minimum absolute atomic E-state index is 0.794. The van der Waals surface area contributed by atoms with Crippen LogP contribution in [0.15, 0.2) is 48.7 Å². The average Bonchev–Trinajstić information content (AvgIpc) is 2.73. The first-order valence-electron chi connectivity index (χ1n) is 5.03. The van der Waals surface area contributed by atoms with E-state index >= 15 is 0 Å². The molecule has 3 aromatic rings. The number of hydrogen-bond acceptors (Lipinski definition) is 3. The van der Waals surface area contributed by atoms with E-state index < -0.39 is 0 Å². The van der Waals surface area contributed by atoms with Crippen molar-refractivity contribution in [2.45, 2.75) is 0 Å². The van der Waals surface area contributed by atoms with Crippen molar-refractivity contribution < 1.29 is 0 Å². The summed E-state index contributed by atoms with van der Waals surface area (Å²) in [5.74, 6) is 0. The molecule has 0 aliphatic rings. The molecule has 0 unspecified atom stereocenters. The average molecular weight is 226 g/mol. The van der Waals surface area contributed by atoms with Gasteiger partial charge in [-0.15, -0.1) is 11.3 Å². The van der Waals surface area contributed by atoms with E-state index in [-0.39, 0.29) is 0 Å². The van der Waals surface area contributed by atoms with Crippen LogP contribution in [0.2, 0.25) is 0 Å². The fraction of sp³-hybridized carbons (Fsp3) is 0. The van der Waals surface area contributed by atoms with Crippen molar-refractivity contribution in [3.05, 3.63) is 48.7 Å². The van der Waals surface area contributed by atoms with Gasteiger partial charge in [0, 0.05) is 16.8 Å². The summed E-state index contributed by atoms with van der Waals surface area (Å²) in [5.41, 5.74) is 8.71. The first-order chi connectivity index (χ1) is 7.83. The molecule has 2 nitrogen and oxygen atoms in total. The summed E-state index contributed by atoms with van der Waals surface area (Å²) in [6.45, 7) is 0. The zero-order chi connectivity index (χ0) is 11.0. The smallest absolute Gasteiger partial charge is 0.0816 e. The highest BCUT2D eigenvalue weighted by molar-refractivity contribution is 7.22. The molecule has 0 bridgehead atoms. The summed E-state index contributed by atoms with van der Waals surface area (Å²) in [7, 11) is 0. The normalized spacial score (nSPS) is 10.8. The Labute approximate surface area is 97.4 Å². The lowest BCUT2D eigenvalue weighted by atomic mass is 10.2. The molecule has 0 amide bonds. The molecule has 0 spiro atoms. The minimum Gasteiger partial charge on any atom is -0.399 e. The van der Waals surface area contributed by atoms with E-state index in [1.807, 2.05) is 36.5 Å². The zero-order valence-electron chi connectivity index (χ0n) is 8.55. The first kappa shape index (κ1) is 9.36. The lowest BCUT2D eigenvalue weighted by Gasteiger charge is -1.96. The van der Waals surface area contributed by atoms with Gasteiger partial charge in [-0.05, 0) is 35.9 Å². The van der Waals surface area contributed by atoms with E-state index in [0.717, 1.165) is 11.2 Å². The van der Waals surface area contributed by atoms with E-state index in [1.165, 1.54) is 15.1 Å². The van der Waals surface area contributed by atoms with Crippen LogP contribution in [-0.2, 0) is 0 Å². The lowest BCUT2D eigenvalue weighted by Crippen LogP contribution is -1.82. The summed E-state index contributed by atoms with van der Waals surface area (Å²) < 4.78 is 1.22. The molecule has 0 saturated heterocycles. The third kappa shape index (κ3) is 1.55. The lowest BCUT2D eigenvalue weighted by molar-refractivity contribution is 1.43. The number of anilines is 1. The number of thiophene rings is 1. The van der Waals surface area contributed by atoms with Gasteiger partial charge in [0.05, 0.1) is 10.2 Å². The van der Waals surface area contributed by atoms with Gasteiger partial charge in [0.1, 0.15) is 0 Å². The maximum atomic E-state index is 5.67. The molecule has 0 aliphatic heterocycles. The fourth-order valence-corrected chi connectivity index (χ4v) is 2.68. The van der Waals surface area contributed by atoms with Gasteiger partial charge < -0.3 is 5.73 Å². The van der Waals surface area contributed by atoms with Gasteiger partial charge >= 0.3 is 0 Å². The van der Waals surface area contributed by atoms with E-state index in [1.54, 1.807) is 11.3 Å². The van der Waals surface area contributed by atoms with Crippen LogP contribution in [0.3, 0.4) is 0 Å². The Morgan fingerprint density at radius 2 is 1.88 bits per heavy atom. The van der Waals surface area contributed by atoms with Crippen LogP contribution in [0.4, 0.5) is 5.69 Å². The second kappa shape index (κ2) is 3.61. The van der Waals surface area contributed by atoms with Gasteiger partial charge in [-0.1, -0.05) is 12.1 Å². The second-order valence-electron chi connectivity index (χ2n) is 3.62. The third-order valence-corrected chi connectivity index (χ3v) is 3.62. The summed E-state index contributed by atoms with van der Waals surface area (Å²) >= 11 is 1.75. The maximum Gasteiger partial charge on any atom is 0.0816 e. The topological polar surface area (TPSA) is 38.9 Å². The number of pyridine rings is 1. The highest BCUT2D eigenvalue weighted by Gasteiger charge is 2.03. The Balaban J connectivity index is 2.15. The SMILES string of the molecule is Nc1ccc(-c2cc3ncccc3s2)cc1. The Morgan fingerprint density at radius 1 is 1.06 bits per heavy atom. The number of hydrogen-bond donors (Lipinski definition) is 1. The molecule has 0 saturated carbocycles. The zero-order valence-corrected chi connectivity index (χ0v) is 9.37. The molecule has 2 N–H and O–H groups in total. The van der Waals surface area contributed by atoms with Crippen LogP contribution in [0.25, 0.3) is 20.7 Å². The van der Waals surface area contributed by atoms with Gasteiger partial charge in [0.2, 0.25) is 0 Å². The van der Waals surface area contributed by atoms with Crippen molar-refractivity contribution in [1.82, 2.24) is 4.98 Å². The molecule has 3 rings (SSSR count). The molecular formula is C13H10N2S. The number of nitrogen functional groups attached to an aromatic ring is 1. The number of benzene rings is 1. The quantitative estimate of drug-likeness (QED) is 0.644. The predicted octanol–water partition coefficient (Wildman–Crippen LogP) is 3.55. The molecule has 3 heteroatoms. The molecule has 0 atom stereocenters. The van der Waals surface area contributed by atoms with Gasteiger partial charge in [-0.2, -0.15) is 0 Å². The predicted molar refractivity (Wildman–Crippen MR) is 69.5 cm³/mol. The van der Waals surface area contributed by atoms with Crippen molar-refractivity contribution >= 4 is 27.2 Å². The van der Waals surface area contributed by atoms with Crippen LogP contribution < -0.4 is 5.73 Å². The highest BCUT2D eigenvalue weighted by atomic mass is 32.1. The first-order valence-corrected chi connectivity index (χ1v) is 5.85. The number of fused-ring (bicyclic) bond motifs is 1. The second-order valence-corrected chi connectivity index (χ2v) is 4.70. The molecule has 0 aliphatic carbocycles. The number of nitrogens with two attached hydrogens (primary N) is 1.